The van der Waals surface area contributed by atoms with Crippen LogP contribution in [0.4, 0.5) is 9.18 Å². The Balaban J connectivity index is 2.00. The molecule has 0 fully saturated rings. The van der Waals surface area contributed by atoms with Gasteiger partial charge in [0, 0.05) is 12.1 Å². The van der Waals surface area contributed by atoms with Gasteiger partial charge in [-0.15, -0.1) is 0 Å². The minimum atomic E-state index is -0.647. The summed E-state index contributed by atoms with van der Waals surface area (Å²) >= 11 is 12.1. The van der Waals surface area contributed by atoms with Gasteiger partial charge in [-0.3, -0.25) is 10.1 Å². The lowest BCUT2D eigenvalue weighted by molar-refractivity contribution is 0.145. The monoisotopic (exact) mass is 437 g/mol. The Hall–Kier alpha value is -2.68. The van der Waals surface area contributed by atoms with Gasteiger partial charge in [-0.2, -0.15) is 5.10 Å². The zero-order valence-corrected chi connectivity index (χ0v) is 17.1. The van der Waals surface area contributed by atoms with Crippen LogP contribution in [0.25, 0.3) is 11.4 Å². The first-order chi connectivity index (χ1) is 13.9. The SMILES string of the molecule is CCOC(=O)NNC(c1ccc(Cl)cc1)c1nc(-c2c(F)cccc2Cl)nn1C. The first kappa shape index (κ1) is 21.0. The molecular weight excluding hydrogens is 420 g/mol. The van der Waals surface area contributed by atoms with Crippen LogP contribution in [0, 0.1) is 5.82 Å². The lowest BCUT2D eigenvalue weighted by atomic mass is 10.1. The highest BCUT2D eigenvalue weighted by Crippen LogP contribution is 2.30. The van der Waals surface area contributed by atoms with Crippen molar-refractivity contribution in [1.29, 1.82) is 0 Å². The smallest absolute Gasteiger partial charge is 0.421 e. The number of hydrazine groups is 1. The molecule has 1 unspecified atom stereocenters. The van der Waals surface area contributed by atoms with E-state index in [1.54, 1.807) is 44.3 Å². The van der Waals surface area contributed by atoms with E-state index in [1.165, 1.54) is 16.8 Å². The van der Waals surface area contributed by atoms with Gasteiger partial charge in [0.15, 0.2) is 11.6 Å². The summed E-state index contributed by atoms with van der Waals surface area (Å²) < 4.78 is 20.7. The second-order valence-corrected chi connectivity index (χ2v) is 6.83. The standard InChI is InChI=1S/C19H18Cl2FN5O2/c1-3-29-19(28)25-24-16(11-7-9-12(20)10-8-11)18-23-17(26-27(18)2)15-13(21)5-4-6-14(15)22/h4-10,16,24H,3H2,1-2H3,(H,25,28). The fourth-order valence-electron chi connectivity index (χ4n) is 2.72. The number of carbonyl (C=O) groups is 1. The Kier molecular flexibility index (Phi) is 6.68. The molecular formula is C19H18Cl2FN5O2. The van der Waals surface area contributed by atoms with E-state index in [9.17, 15) is 9.18 Å². The quantitative estimate of drug-likeness (QED) is 0.562. The first-order valence-electron chi connectivity index (χ1n) is 8.69. The lowest BCUT2D eigenvalue weighted by Crippen LogP contribution is -2.41. The molecule has 152 valence electrons. The van der Waals surface area contributed by atoms with Gasteiger partial charge in [0.05, 0.1) is 17.2 Å². The fourth-order valence-corrected chi connectivity index (χ4v) is 3.09. The molecule has 0 spiro atoms. The Labute approximate surface area is 176 Å². The van der Waals surface area contributed by atoms with Crippen molar-refractivity contribution < 1.29 is 13.9 Å². The Morgan fingerprint density at radius 3 is 2.62 bits per heavy atom. The second-order valence-electron chi connectivity index (χ2n) is 5.99. The van der Waals surface area contributed by atoms with Crippen LogP contribution in [0.5, 0.6) is 0 Å². The van der Waals surface area contributed by atoms with Crippen LogP contribution in [0.1, 0.15) is 24.4 Å². The highest BCUT2D eigenvalue weighted by molar-refractivity contribution is 6.33. The summed E-state index contributed by atoms with van der Waals surface area (Å²) in [6.45, 7) is 1.92. The van der Waals surface area contributed by atoms with Crippen LogP contribution < -0.4 is 10.9 Å². The van der Waals surface area contributed by atoms with Gasteiger partial charge in [-0.25, -0.2) is 19.6 Å². The number of nitrogens with zero attached hydrogens (tertiary/aromatic N) is 3. The second kappa shape index (κ2) is 9.21. The average Bonchev–Trinajstić information content (AvgIpc) is 3.04. The van der Waals surface area contributed by atoms with Gasteiger partial charge >= 0.3 is 6.09 Å². The van der Waals surface area contributed by atoms with Crippen LogP contribution in [0.15, 0.2) is 42.5 Å². The third-order valence-electron chi connectivity index (χ3n) is 4.04. The number of nitrogens with one attached hydrogen (secondary N) is 2. The zero-order chi connectivity index (χ0) is 21.0. The number of hydrogen-bond donors (Lipinski definition) is 2. The number of aryl methyl sites for hydroxylation is 1. The van der Waals surface area contributed by atoms with E-state index in [2.05, 4.69) is 20.9 Å². The number of benzene rings is 2. The molecule has 1 aromatic heterocycles. The number of aromatic nitrogens is 3. The van der Waals surface area contributed by atoms with Crippen LogP contribution in [0.2, 0.25) is 10.0 Å². The van der Waals surface area contributed by atoms with Crippen molar-refractivity contribution in [3.8, 4) is 11.4 Å². The van der Waals surface area contributed by atoms with E-state index in [4.69, 9.17) is 27.9 Å². The Bertz CT molecular complexity index is 990. The third kappa shape index (κ3) is 4.84. The predicted molar refractivity (Wildman–Crippen MR) is 108 cm³/mol. The predicted octanol–water partition coefficient (Wildman–Crippen LogP) is 4.27. The number of rotatable bonds is 6. The largest absolute Gasteiger partial charge is 0.449 e. The summed E-state index contributed by atoms with van der Waals surface area (Å²) in [5.41, 5.74) is 6.19. The maximum absolute atomic E-state index is 14.3. The van der Waals surface area contributed by atoms with Crippen LogP contribution in [0.3, 0.4) is 0 Å². The van der Waals surface area contributed by atoms with Crippen LogP contribution >= 0.6 is 23.2 Å². The van der Waals surface area contributed by atoms with E-state index in [-0.39, 0.29) is 23.0 Å². The van der Waals surface area contributed by atoms with Crippen molar-refractivity contribution in [2.45, 2.75) is 13.0 Å². The molecule has 3 rings (SSSR count). The molecule has 2 aromatic carbocycles. The Morgan fingerprint density at radius 2 is 1.97 bits per heavy atom. The van der Waals surface area contributed by atoms with Gasteiger partial charge in [0.1, 0.15) is 11.9 Å². The molecule has 0 radical (unpaired) electrons. The normalized spacial score (nSPS) is 11.9. The maximum Gasteiger partial charge on any atom is 0.421 e. The van der Waals surface area contributed by atoms with Crippen molar-refractivity contribution in [1.82, 2.24) is 25.6 Å². The number of amides is 1. The summed E-state index contributed by atoms with van der Waals surface area (Å²) in [5, 5.41) is 5.06. The molecule has 0 saturated carbocycles. The summed E-state index contributed by atoms with van der Waals surface area (Å²) in [4.78, 5) is 16.2. The summed E-state index contributed by atoms with van der Waals surface area (Å²) in [6, 6.07) is 10.7. The van der Waals surface area contributed by atoms with Crippen molar-refractivity contribution in [2.75, 3.05) is 6.61 Å². The minimum Gasteiger partial charge on any atom is -0.449 e. The van der Waals surface area contributed by atoms with Gasteiger partial charge in [0.25, 0.3) is 0 Å². The number of carbonyl (C=O) groups excluding carboxylic acids is 1. The van der Waals surface area contributed by atoms with E-state index >= 15 is 0 Å². The maximum atomic E-state index is 14.3. The molecule has 1 heterocycles. The summed E-state index contributed by atoms with van der Waals surface area (Å²) in [7, 11) is 1.66. The topological polar surface area (TPSA) is 81.1 Å². The highest BCUT2D eigenvalue weighted by atomic mass is 35.5. The summed E-state index contributed by atoms with van der Waals surface area (Å²) in [6.07, 6.45) is -0.647. The molecule has 29 heavy (non-hydrogen) atoms. The van der Waals surface area contributed by atoms with E-state index in [0.29, 0.717) is 10.8 Å². The first-order valence-corrected chi connectivity index (χ1v) is 9.45. The van der Waals surface area contributed by atoms with Crippen molar-refractivity contribution in [3.63, 3.8) is 0 Å². The molecule has 0 saturated heterocycles. The molecule has 0 aliphatic rings. The molecule has 0 bridgehead atoms. The van der Waals surface area contributed by atoms with Crippen molar-refractivity contribution in [3.05, 3.63) is 69.7 Å². The van der Waals surface area contributed by atoms with E-state index in [1.807, 2.05) is 0 Å². The molecule has 10 heteroatoms. The number of halogens is 3. The zero-order valence-electron chi connectivity index (χ0n) is 15.6. The molecule has 3 aromatic rings. The molecule has 1 atom stereocenters. The Morgan fingerprint density at radius 1 is 1.24 bits per heavy atom. The third-order valence-corrected chi connectivity index (χ3v) is 4.61. The number of hydrogen-bond acceptors (Lipinski definition) is 5. The molecule has 0 aliphatic carbocycles. The summed E-state index contributed by atoms with van der Waals surface area (Å²) in [5.74, 6) is 0.0104. The van der Waals surface area contributed by atoms with E-state index < -0.39 is 18.0 Å². The minimum absolute atomic E-state index is 0.101. The van der Waals surface area contributed by atoms with Gasteiger partial charge < -0.3 is 4.74 Å². The van der Waals surface area contributed by atoms with Gasteiger partial charge in [-0.1, -0.05) is 41.4 Å². The molecule has 7 nitrogen and oxygen atoms in total. The molecule has 0 aliphatic heterocycles. The van der Waals surface area contributed by atoms with Crippen LogP contribution in [-0.2, 0) is 11.8 Å². The molecule has 2 N–H and O–H groups in total. The molecule has 1 amide bonds. The highest BCUT2D eigenvalue weighted by Gasteiger charge is 2.24. The van der Waals surface area contributed by atoms with Gasteiger partial charge in [0.2, 0.25) is 0 Å². The van der Waals surface area contributed by atoms with Crippen molar-refractivity contribution in [2.24, 2.45) is 7.05 Å². The van der Waals surface area contributed by atoms with Crippen molar-refractivity contribution >= 4 is 29.3 Å². The number of ether oxygens (including phenoxy) is 1. The van der Waals surface area contributed by atoms with E-state index in [0.717, 1.165) is 5.56 Å². The lowest BCUT2D eigenvalue weighted by Gasteiger charge is -2.18. The van der Waals surface area contributed by atoms with Gasteiger partial charge in [-0.05, 0) is 36.8 Å². The fraction of sp³-hybridized carbons (Fsp3) is 0.211. The average molecular weight is 438 g/mol. The van der Waals surface area contributed by atoms with Crippen LogP contribution in [-0.4, -0.2) is 27.5 Å².